The fourth-order valence-electron chi connectivity index (χ4n) is 2.15. The highest BCUT2D eigenvalue weighted by Crippen LogP contribution is 2.28. The van der Waals surface area contributed by atoms with Crippen LogP contribution in [0.25, 0.3) is 0 Å². The fraction of sp³-hybridized carbons (Fsp3) is 0.636. The van der Waals surface area contributed by atoms with Gasteiger partial charge in [0.05, 0.1) is 0 Å². The Kier molecular flexibility index (Phi) is 3.43. The first-order valence-corrected chi connectivity index (χ1v) is 5.77. The summed E-state index contributed by atoms with van der Waals surface area (Å²) in [5.41, 5.74) is -0.897. The van der Waals surface area contributed by atoms with Crippen LogP contribution >= 0.6 is 0 Å². The molecule has 18 heavy (non-hydrogen) atoms. The Bertz CT molecular complexity index is 411. The third kappa shape index (κ3) is 2.90. The lowest BCUT2D eigenvalue weighted by Gasteiger charge is -2.36. The van der Waals surface area contributed by atoms with Gasteiger partial charge >= 0.3 is 6.18 Å². The van der Waals surface area contributed by atoms with Crippen molar-refractivity contribution < 1.29 is 13.2 Å². The van der Waals surface area contributed by atoms with Gasteiger partial charge in [-0.1, -0.05) is 0 Å². The molecule has 0 bridgehead atoms. The third-order valence-electron chi connectivity index (χ3n) is 2.77. The van der Waals surface area contributed by atoms with Crippen LogP contribution in [-0.2, 0) is 6.18 Å². The summed E-state index contributed by atoms with van der Waals surface area (Å²) >= 11 is 0. The Labute approximate surface area is 103 Å². The van der Waals surface area contributed by atoms with E-state index in [2.05, 4.69) is 15.3 Å². The van der Waals surface area contributed by atoms with Crippen molar-refractivity contribution in [1.29, 1.82) is 0 Å². The van der Waals surface area contributed by atoms with Crippen molar-refractivity contribution in [3.8, 4) is 0 Å². The second kappa shape index (κ2) is 4.72. The minimum Gasteiger partial charge on any atom is -0.338 e. The van der Waals surface area contributed by atoms with Crippen molar-refractivity contribution in [2.45, 2.75) is 32.1 Å². The van der Waals surface area contributed by atoms with Crippen molar-refractivity contribution in [2.75, 3.05) is 18.0 Å². The van der Waals surface area contributed by atoms with Crippen LogP contribution in [0.2, 0.25) is 0 Å². The van der Waals surface area contributed by atoms with Crippen LogP contribution in [-0.4, -0.2) is 35.1 Å². The molecule has 1 fully saturated rings. The van der Waals surface area contributed by atoms with Crippen LogP contribution in [0, 0.1) is 0 Å². The van der Waals surface area contributed by atoms with Gasteiger partial charge in [0, 0.05) is 31.4 Å². The van der Waals surface area contributed by atoms with E-state index in [1.807, 2.05) is 13.8 Å². The number of hydrogen-bond donors (Lipinski definition) is 1. The van der Waals surface area contributed by atoms with Crippen molar-refractivity contribution >= 4 is 5.95 Å². The fourth-order valence-corrected chi connectivity index (χ4v) is 2.15. The van der Waals surface area contributed by atoms with Gasteiger partial charge in [0.2, 0.25) is 5.95 Å². The SMILES string of the molecule is CC1CN(c2nccc(C(F)(F)F)n2)CC(C)N1. The zero-order valence-electron chi connectivity index (χ0n) is 10.2. The van der Waals surface area contributed by atoms with Crippen LogP contribution in [0.15, 0.2) is 12.3 Å². The van der Waals surface area contributed by atoms with Gasteiger partial charge < -0.3 is 10.2 Å². The van der Waals surface area contributed by atoms with Crippen LogP contribution in [0.1, 0.15) is 19.5 Å². The van der Waals surface area contributed by atoms with Gasteiger partial charge in [-0.15, -0.1) is 0 Å². The summed E-state index contributed by atoms with van der Waals surface area (Å²) < 4.78 is 37.7. The second-order valence-electron chi connectivity index (χ2n) is 4.61. The maximum Gasteiger partial charge on any atom is 0.433 e. The van der Waals surface area contributed by atoms with Gasteiger partial charge in [0.1, 0.15) is 5.69 Å². The Morgan fingerprint density at radius 1 is 1.28 bits per heavy atom. The maximum absolute atomic E-state index is 12.6. The number of aromatic nitrogens is 2. The summed E-state index contributed by atoms with van der Waals surface area (Å²) in [7, 11) is 0. The molecule has 0 amide bonds. The molecular formula is C11H15F3N4. The molecule has 0 spiro atoms. The molecule has 1 aromatic heterocycles. The summed E-state index contributed by atoms with van der Waals surface area (Å²) in [4.78, 5) is 9.31. The molecule has 7 heteroatoms. The number of nitrogens with zero attached hydrogens (tertiary/aromatic N) is 3. The van der Waals surface area contributed by atoms with Gasteiger partial charge in [0.25, 0.3) is 0 Å². The standard InChI is InChI=1S/C11H15F3N4/c1-7-5-18(6-8(2)16-7)10-15-4-3-9(17-10)11(12,13)14/h3-4,7-8,16H,5-6H2,1-2H3. The van der Waals surface area contributed by atoms with Crippen molar-refractivity contribution in [2.24, 2.45) is 0 Å². The topological polar surface area (TPSA) is 41.1 Å². The summed E-state index contributed by atoms with van der Waals surface area (Å²) in [6.45, 7) is 5.17. The van der Waals surface area contributed by atoms with E-state index in [0.717, 1.165) is 12.3 Å². The van der Waals surface area contributed by atoms with Gasteiger partial charge in [0.15, 0.2) is 0 Å². The average Bonchev–Trinajstić information content (AvgIpc) is 2.27. The van der Waals surface area contributed by atoms with Crippen LogP contribution in [0.5, 0.6) is 0 Å². The Morgan fingerprint density at radius 3 is 2.44 bits per heavy atom. The summed E-state index contributed by atoms with van der Waals surface area (Å²) in [6.07, 6.45) is -3.27. The molecule has 2 heterocycles. The normalized spacial score (nSPS) is 25.3. The molecule has 2 atom stereocenters. The highest BCUT2D eigenvalue weighted by molar-refractivity contribution is 5.32. The molecule has 0 radical (unpaired) electrons. The Morgan fingerprint density at radius 2 is 1.89 bits per heavy atom. The number of hydrogen-bond acceptors (Lipinski definition) is 4. The van der Waals surface area contributed by atoms with Gasteiger partial charge in [-0.05, 0) is 19.9 Å². The Hall–Kier alpha value is -1.37. The molecule has 1 N–H and O–H groups in total. The van der Waals surface area contributed by atoms with E-state index in [0.29, 0.717) is 13.1 Å². The van der Waals surface area contributed by atoms with E-state index in [-0.39, 0.29) is 18.0 Å². The lowest BCUT2D eigenvalue weighted by Crippen LogP contribution is -2.54. The summed E-state index contributed by atoms with van der Waals surface area (Å²) in [5.74, 6) is 0.144. The van der Waals surface area contributed by atoms with Crippen LogP contribution in [0.3, 0.4) is 0 Å². The molecule has 1 aliphatic rings. The van der Waals surface area contributed by atoms with E-state index in [9.17, 15) is 13.2 Å². The monoisotopic (exact) mass is 260 g/mol. The predicted octanol–water partition coefficient (Wildman–Crippen LogP) is 1.68. The maximum atomic E-state index is 12.6. The molecular weight excluding hydrogens is 245 g/mol. The largest absolute Gasteiger partial charge is 0.433 e. The van der Waals surface area contributed by atoms with Crippen LogP contribution < -0.4 is 10.2 Å². The summed E-state index contributed by atoms with van der Waals surface area (Å²) in [6, 6.07) is 1.29. The molecule has 1 saturated heterocycles. The van der Waals surface area contributed by atoms with Gasteiger partial charge in [-0.25, -0.2) is 9.97 Å². The van der Waals surface area contributed by atoms with Crippen molar-refractivity contribution in [3.63, 3.8) is 0 Å². The second-order valence-corrected chi connectivity index (χ2v) is 4.61. The number of halogens is 3. The van der Waals surface area contributed by atoms with E-state index in [1.54, 1.807) is 4.90 Å². The predicted molar refractivity (Wildman–Crippen MR) is 61.3 cm³/mol. The number of anilines is 1. The molecule has 2 unspecified atom stereocenters. The van der Waals surface area contributed by atoms with Gasteiger partial charge in [-0.2, -0.15) is 13.2 Å². The van der Waals surface area contributed by atoms with Crippen LogP contribution in [0.4, 0.5) is 19.1 Å². The zero-order valence-corrected chi connectivity index (χ0v) is 10.2. The quantitative estimate of drug-likeness (QED) is 0.834. The summed E-state index contributed by atoms with van der Waals surface area (Å²) in [5, 5.41) is 3.30. The first kappa shape index (κ1) is 13.1. The number of nitrogens with one attached hydrogen (secondary N) is 1. The van der Waals surface area contributed by atoms with E-state index >= 15 is 0 Å². The number of piperazine rings is 1. The molecule has 1 aliphatic heterocycles. The average molecular weight is 260 g/mol. The van der Waals surface area contributed by atoms with Crippen molar-refractivity contribution in [3.05, 3.63) is 18.0 Å². The van der Waals surface area contributed by atoms with E-state index in [1.165, 1.54) is 0 Å². The molecule has 2 rings (SSSR count). The first-order valence-electron chi connectivity index (χ1n) is 5.77. The lowest BCUT2D eigenvalue weighted by molar-refractivity contribution is -0.141. The van der Waals surface area contributed by atoms with Gasteiger partial charge in [-0.3, -0.25) is 0 Å². The lowest BCUT2D eigenvalue weighted by atomic mass is 10.1. The minimum absolute atomic E-state index is 0.144. The molecule has 1 aromatic rings. The van der Waals surface area contributed by atoms with E-state index in [4.69, 9.17) is 0 Å². The molecule has 0 saturated carbocycles. The minimum atomic E-state index is -4.43. The molecule has 0 aliphatic carbocycles. The highest BCUT2D eigenvalue weighted by atomic mass is 19.4. The van der Waals surface area contributed by atoms with E-state index < -0.39 is 11.9 Å². The molecule has 4 nitrogen and oxygen atoms in total. The smallest absolute Gasteiger partial charge is 0.338 e. The first-order chi connectivity index (χ1) is 8.36. The number of rotatable bonds is 1. The molecule has 0 aromatic carbocycles. The molecule has 100 valence electrons. The zero-order chi connectivity index (χ0) is 13.3. The number of alkyl halides is 3. The third-order valence-corrected chi connectivity index (χ3v) is 2.77. The highest BCUT2D eigenvalue weighted by Gasteiger charge is 2.33. The van der Waals surface area contributed by atoms with Crippen molar-refractivity contribution in [1.82, 2.24) is 15.3 Å². The Balaban J connectivity index is 2.23.